The van der Waals surface area contributed by atoms with Crippen LogP contribution in [0.15, 0.2) is 29.4 Å². The fraction of sp³-hybridized carbons (Fsp3) is 0.0909. The third-order valence-electron chi connectivity index (χ3n) is 2.38. The molecule has 0 radical (unpaired) electrons. The predicted molar refractivity (Wildman–Crippen MR) is 69.1 cm³/mol. The van der Waals surface area contributed by atoms with Crippen molar-refractivity contribution in [2.24, 2.45) is 0 Å². The molecule has 100 valence electrons. The van der Waals surface area contributed by atoms with E-state index in [0.717, 1.165) is 6.26 Å². The van der Waals surface area contributed by atoms with Crippen LogP contribution in [0.3, 0.4) is 0 Å². The number of sulfone groups is 1. The Balaban J connectivity index is 2.73. The van der Waals surface area contributed by atoms with Gasteiger partial charge in [0.2, 0.25) is 15.0 Å². The summed E-state index contributed by atoms with van der Waals surface area (Å²) in [5, 5.41) is 8.97. The molecular weight excluding hydrogens is 292 g/mol. The van der Waals surface area contributed by atoms with E-state index >= 15 is 0 Å². The van der Waals surface area contributed by atoms with Gasteiger partial charge < -0.3 is 10.1 Å². The highest BCUT2D eigenvalue weighted by molar-refractivity contribution is 7.90. The largest absolute Gasteiger partial charge is 0.477 e. The van der Waals surface area contributed by atoms with E-state index in [-0.39, 0.29) is 16.4 Å². The third kappa shape index (κ3) is 2.61. The van der Waals surface area contributed by atoms with Gasteiger partial charge in [-0.05, 0) is 6.07 Å². The first-order valence-corrected chi connectivity index (χ1v) is 7.36. The van der Waals surface area contributed by atoms with Gasteiger partial charge in [-0.15, -0.1) is 0 Å². The number of imidazole rings is 1. The minimum absolute atomic E-state index is 0.00137. The number of carboxylic acid groups (broad SMARTS) is 1. The Morgan fingerprint density at radius 1 is 1.37 bits per heavy atom. The number of aromatic carboxylic acids is 1. The van der Waals surface area contributed by atoms with Crippen molar-refractivity contribution >= 4 is 27.4 Å². The van der Waals surface area contributed by atoms with Crippen LogP contribution in [-0.4, -0.2) is 35.7 Å². The fourth-order valence-electron chi connectivity index (χ4n) is 1.53. The normalized spacial score (nSPS) is 11.5. The van der Waals surface area contributed by atoms with E-state index in [1.165, 1.54) is 0 Å². The van der Waals surface area contributed by atoms with E-state index in [0.29, 0.717) is 5.56 Å². The van der Waals surface area contributed by atoms with Crippen LogP contribution in [0.2, 0.25) is 5.02 Å². The minimum atomic E-state index is -3.63. The number of nitrogens with one attached hydrogen (secondary N) is 1. The van der Waals surface area contributed by atoms with Crippen molar-refractivity contribution in [2.75, 3.05) is 6.26 Å². The molecule has 0 saturated carbocycles. The fourth-order valence-corrected chi connectivity index (χ4v) is 2.30. The van der Waals surface area contributed by atoms with Crippen LogP contribution in [0.5, 0.6) is 0 Å². The van der Waals surface area contributed by atoms with Crippen molar-refractivity contribution in [3.8, 4) is 11.3 Å². The van der Waals surface area contributed by atoms with Crippen LogP contribution in [-0.2, 0) is 9.84 Å². The summed E-state index contributed by atoms with van der Waals surface area (Å²) in [5.41, 5.74) is 0.0415. The smallest absolute Gasteiger partial charge is 0.354 e. The molecule has 0 aliphatic rings. The van der Waals surface area contributed by atoms with E-state index in [9.17, 15) is 13.2 Å². The number of aromatic nitrogens is 2. The maximum Gasteiger partial charge on any atom is 0.354 e. The second kappa shape index (κ2) is 4.67. The molecule has 2 aromatic rings. The summed E-state index contributed by atoms with van der Waals surface area (Å²) in [6.45, 7) is 0. The van der Waals surface area contributed by atoms with Gasteiger partial charge in [0.25, 0.3) is 0 Å². The van der Waals surface area contributed by atoms with Gasteiger partial charge in [-0.2, -0.15) is 0 Å². The summed E-state index contributed by atoms with van der Waals surface area (Å²) in [7, 11) is -3.63. The van der Waals surface area contributed by atoms with Gasteiger partial charge in [0.15, 0.2) is 5.69 Å². The summed E-state index contributed by atoms with van der Waals surface area (Å²) in [6, 6.07) is 6.46. The number of carboxylic acids is 1. The molecule has 0 atom stereocenters. The quantitative estimate of drug-likeness (QED) is 0.900. The Morgan fingerprint density at radius 3 is 2.53 bits per heavy atom. The number of nitrogens with zero attached hydrogens (tertiary/aromatic N) is 1. The third-order valence-corrected chi connectivity index (χ3v) is 3.60. The highest BCUT2D eigenvalue weighted by atomic mass is 35.5. The lowest BCUT2D eigenvalue weighted by molar-refractivity contribution is 0.0691. The van der Waals surface area contributed by atoms with E-state index in [4.69, 9.17) is 16.7 Å². The minimum Gasteiger partial charge on any atom is -0.477 e. The van der Waals surface area contributed by atoms with E-state index in [1.807, 2.05) is 0 Å². The molecule has 0 aliphatic heterocycles. The number of hydrogen-bond acceptors (Lipinski definition) is 4. The van der Waals surface area contributed by atoms with Crippen LogP contribution in [0.4, 0.5) is 0 Å². The zero-order valence-corrected chi connectivity index (χ0v) is 11.3. The molecule has 0 saturated heterocycles. The van der Waals surface area contributed by atoms with E-state index in [1.54, 1.807) is 24.3 Å². The average molecular weight is 301 g/mol. The maximum absolute atomic E-state index is 11.4. The van der Waals surface area contributed by atoms with Gasteiger partial charge in [0, 0.05) is 11.8 Å². The van der Waals surface area contributed by atoms with Gasteiger partial charge in [-0.3, -0.25) is 0 Å². The number of aromatic amines is 1. The molecule has 6 nitrogen and oxygen atoms in total. The maximum atomic E-state index is 11.4. The molecule has 19 heavy (non-hydrogen) atoms. The molecule has 0 fully saturated rings. The molecule has 0 aliphatic carbocycles. The van der Waals surface area contributed by atoms with Crippen LogP contribution in [0.1, 0.15) is 10.5 Å². The Kier molecular flexibility index (Phi) is 3.34. The number of hydrogen-bond donors (Lipinski definition) is 2. The van der Waals surface area contributed by atoms with Crippen molar-refractivity contribution in [3.05, 3.63) is 35.0 Å². The topological polar surface area (TPSA) is 100 Å². The summed E-state index contributed by atoms with van der Waals surface area (Å²) in [4.78, 5) is 17.3. The number of carbonyl (C=O) groups is 1. The van der Waals surface area contributed by atoms with Crippen molar-refractivity contribution in [2.45, 2.75) is 5.16 Å². The molecule has 0 spiro atoms. The Labute approximate surface area is 114 Å². The molecule has 0 unspecified atom stereocenters. The van der Waals surface area contributed by atoms with E-state index in [2.05, 4.69) is 9.97 Å². The molecule has 1 heterocycles. The lowest BCUT2D eigenvalue weighted by Crippen LogP contribution is -2.01. The lowest BCUT2D eigenvalue weighted by atomic mass is 10.1. The van der Waals surface area contributed by atoms with Crippen molar-refractivity contribution < 1.29 is 18.3 Å². The van der Waals surface area contributed by atoms with E-state index < -0.39 is 21.0 Å². The van der Waals surface area contributed by atoms with Crippen LogP contribution in [0, 0.1) is 0 Å². The molecular formula is C11H9ClN2O4S. The Bertz CT molecular complexity index is 752. The zero-order chi connectivity index (χ0) is 14.2. The summed E-state index contributed by atoms with van der Waals surface area (Å²) in [6.07, 6.45) is 0.938. The monoisotopic (exact) mass is 300 g/mol. The number of rotatable bonds is 3. The average Bonchev–Trinajstić information content (AvgIpc) is 2.74. The molecule has 1 aromatic heterocycles. The highest BCUT2D eigenvalue weighted by Crippen LogP contribution is 2.29. The van der Waals surface area contributed by atoms with Gasteiger partial charge in [0.05, 0.1) is 5.02 Å². The van der Waals surface area contributed by atoms with Crippen molar-refractivity contribution in [3.63, 3.8) is 0 Å². The molecule has 0 amide bonds. The van der Waals surface area contributed by atoms with Crippen LogP contribution >= 0.6 is 11.6 Å². The molecule has 8 heteroatoms. The predicted octanol–water partition coefficient (Wildman–Crippen LogP) is 1.83. The zero-order valence-electron chi connectivity index (χ0n) is 9.71. The number of halogens is 1. The van der Waals surface area contributed by atoms with Crippen LogP contribution in [0.25, 0.3) is 11.3 Å². The first kappa shape index (κ1) is 13.6. The second-order valence-electron chi connectivity index (χ2n) is 3.82. The lowest BCUT2D eigenvalue weighted by Gasteiger charge is -2.01. The first-order chi connectivity index (χ1) is 8.80. The van der Waals surface area contributed by atoms with Gasteiger partial charge >= 0.3 is 5.97 Å². The summed E-state index contributed by atoms with van der Waals surface area (Å²) < 4.78 is 22.8. The van der Waals surface area contributed by atoms with Crippen LogP contribution < -0.4 is 0 Å². The van der Waals surface area contributed by atoms with Crippen molar-refractivity contribution in [1.29, 1.82) is 0 Å². The highest BCUT2D eigenvalue weighted by Gasteiger charge is 2.23. The number of benzene rings is 1. The SMILES string of the molecule is CS(=O)(=O)c1nc(-c2ccccc2Cl)c(C(=O)O)[nH]1. The molecule has 2 N–H and O–H groups in total. The summed E-state index contributed by atoms with van der Waals surface area (Å²) in [5.74, 6) is -1.31. The van der Waals surface area contributed by atoms with Gasteiger partial charge in [-0.1, -0.05) is 29.8 Å². The Hall–Kier alpha value is -1.86. The van der Waals surface area contributed by atoms with Gasteiger partial charge in [-0.25, -0.2) is 18.2 Å². The molecule has 0 bridgehead atoms. The molecule has 1 aromatic carbocycles. The standard InChI is InChI=1S/C11H9ClN2O4S/c1-19(17,18)11-13-8(9(14-11)10(15)16)6-4-2-3-5-7(6)12/h2-5H,1H3,(H,13,14)(H,15,16). The summed E-state index contributed by atoms with van der Waals surface area (Å²) >= 11 is 5.96. The second-order valence-corrected chi connectivity index (χ2v) is 6.16. The van der Waals surface area contributed by atoms with Crippen molar-refractivity contribution in [1.82, 2.24) is 9.97 Å². The molecule has 2 rings (SSSR count). The van der Waals surface area contributed by atoms with Gasteiger partial charge in [0.1, 0.15) is 5.69 Å². The Morgan fingerprint density at radius 2 is 2.00 bits per heavy atom. The first-order valence-electron chi connectivity index (χ1n) is 5.09. The number of H-pyrrole nitrogens is 1.